The van der Waals surface area contributed by atoms with Crippen molar-refractivity contribution in [2.45, 2.75) is 47.0 Å². The lowest BCUT2D eigenvalue weighted by atomic mass is 9.72. The standard InChI is InChI=1S/C27H29N3O4S/c1-16-5-10-19(11-6-16)28-25(32)23-21-14-9-18(27(2,3)4)15-22(21)35-26(23)29-24(31)17-7-12-20(13-8-17)30(33)34/h5-8,10-13,18H,9,14-15H2,1-4H3,(H,28,32)(H,29,31). The number of benzene rings is 2. The molecule has 7 nitrogen and oxygen atoms in total. The lowest BCUT2D eigenvalue weighted by Crippen LogP contribution is -2.27. The SMILES string of the molecule is Cc1ccc(NC(=O)c2c(NC(=O)c3ccc([N+](=O)[O-])cc3)sc3c2CCC(C(C)(C)C)C3)cc1. The second kappa shape index (κ2) is 9.62. The lowest BCUT2D eigenvalue weighted by molar-refractivity contribution is -0.384. The molecule has 0 saturated heterocycles. The average Bonchev–Trinajstić information content (AvgIpc) is 3.17. The first-order valence-electron chi connectivity index (χ1n) is 11.6. The number of nitro groups is 1. The molecule has 35 heavy (non-hydrogen) atoms. The van der Waals surface area contributed by atoms with E-state index in [0.717, 1.165) is 35.3 Å². The van der Waals surface area contributed by atoms with Gasteiger partial charge in [0.2, 0.25) is 0 Å². The minimum absolute atomic E-state index is 0.0838. The number of nitro benzene ring substituents is 1. The van der Waals surface area contributed by atoms with Gasteiger partial charge in [0, 0.05) is 28.3 Å². The second-order valence-corrected chi connectivity index (χ2v) is 11.2. The number of carbonyl (C=O) groups is 2. The third kappa shape index (κ3) is 5.43. The summed E-state index contributed by atoms with van der Waals surface area (Å²) in [7, 11) is 0. The molecule has 0 bridgehead atoms. The van der Waals surface area contributed by atoms with Crippen LogP contribution in [0.3, 0.4) is 0 Å². The highest BCUT2D eigenvalue weighted by Crippen LogP contribution is 2.44. The summed E-state index contributed by atoms with van der Waals surface area (Å²) in [4.78, 5) is 38.0. The van der Waals surface area contributed by atoms with Crippen LogP contribution in [0.2, 0.25) is 0 Å². The Morgan fingerprint density at radius 2 is 1.66 bits per heavy atom. The maximum atomic E-state index is 13.4. The molecule has 2 N–H and O–H groups in total. The Bertz CT molecular complexity index is 1270. The Labute approximate surface area is 208 Å². The van der Waals surface area contributed by atoms with E-state index in [2.05, 4.69) is 31.4 Å². The summed E-state index contributed by atoms with van der Waals surface area (Å²) in [6.45, 7) is 8.69. The summed E-state index contributed by atoms with van der Waals surface area (Å²) in [5.74, 6) is -0.172. The van der Waals surface area contributed by atoms with Crippen molar-refractivity contribution in [1.82, 2.24) is 0 Å². The van der Waals surface area contributed by atoms with Crippen LogP contribution < -0.4 is 10.6 Å². The number of non-ortho nitro benzene ring substituents is 1. The smallest absolute Gasteiger partial charge is 0.269 e. The molecule has 4 rings (SSSR count). The van der Waals surface area contributed by atoms with Gasteiger partial charge in [0.1, 0.15) is 5.00 Å². The fourth-order valence-corrected chi connectivity index (χ4v) is 5.71. The number of anilines is 2. The molecule has 2 amide bonds. The van der Waals surface area contributed by atoms with Crippen LogP contribution in [0, 0.1) is 28.4 Å². The van der Waals surface area contributed by atoms with Gasteiger partial charge in [0.15, 0.2) is 0 Å². The molecular weight excluding hydrogens is 462 g/mol. The summed E-state index contributed by atoms with van der Waals surface area (Å²) in [5, 5.41) is 17.3. The summed E-state index contributed by atoms with van der Waals surface area (Å²) in [6, 6.07) is 13.0. The predicted octanol–water partition coefficient (Wildman–Crippen LogP) is 6.62. The van der Waals surface area contributed by atoms with Crippen LogP contribution in [0.1, 0.15) is 63.9 Å². The van der Waals surface area contributed by atoms with Crippen molar-refractivity contribution >= 4 is 39.5 Å². The number of carbonyl (C=O) groups excluding carboxylic acids is 2. The molecule has 0 fully saturated rings. The summed E-state index contributed by atoms with van der Waals surface area (Å²) < 4.78 is 0. The van der Waals surface area contributed by atoms with E-state index in [4.69, 9.17) is 0 Å². The number of thiophene rings is 1. The molecule has 1 aliphatic rings. The Kier molecular flexibility index (Phi) is 6.76. The highest BCUT2D eigenvalue weighted by atomic mass is 32.1. The van der Waals surface area contributed by atoms with E-state index in [0.29, 0.717) is 27.7 Å². The number of amides is 2. The topological polar surface area (TPSA) is 101 Å². The van der Waals surface area contributed by atoms with Crippen LogP contribution in [0.4, 0.5) is 16.4 Å². The first-order valence-corrected chi connectivity index (χ1v) is 12.4. The molecule has 1 heterocycles. The largest absolute Gasteiger partial charge is 0.322 e. The zero-order valence-corrected chi connectivity index (χ0v) is 21.1. The van der Waals surface area contributed by atoms with Gasteiger partial charge in [-0.25, -0.2) is 0 Å². The van der Waals surface area contributed by atoms with Crippen LogP contribution in [0.15, 0.2) is 48.5 Å². The maximum Gasteiger partial charge on any atom is 0.269 e. The van der Waals surface area contributed by atoms with E-state index < -0.39 is 10.8 Å². The Hall–Kier alpha value is -3.52. The van der Waals surface area contributed by atoms with Gasteiger partial charge in [-0.15, -0.1) is 11.3 Å². The highest BCUT2D eigenvalue weighted by Gasteiger charge is 2.34. The molecule has 1 aliphatic carbocycles. The van der Waals surface area contributed by atoms with Crippen LogP contribution in [0.25, 0.3) is 0 Å². The molecule has 1 aromatic heterocycles. The molecule has 1 atom stereocenters. The second-order valence-electron chi connectivity index (χ2n) is 10.1. The molecule has 182 valence electrons. The average molecular weight is 492 g/mol. The molecular formula is C27H29N3O4S. The number of fused-ring (bicyclic) bond motifs is 1. The van der Waals surface area contributed by atoms with Gasteiger partial charge in [-0.1, -0.05) is 38.5 Å². The van der Waals surface area contributed by atoms with Gasteiger partial charge >= 0.3 is 0 Å². The van der Waals surface area contributed by atoms with Gasteiger partial charge in [0.05, 0.1) is 10.5 Å². The Morgan fingerprint density at radius 3 is 2.26 bits per heavy atom. The van der Waals surface area contributed by atoms with Gasteiger partial charge in [0.25, 0.3) is 17.5 Å². The minimum Gasteiger partial charge on any atom is -0.322 e. The first kappa shape index (κ1) is 24.6. The Balaban J connectivity index is 1.66. The third-order valence-corrected chi connectivity index (χ3v) is 7.76. The molecule has 0 spiro atoms. The fraction of sp³-hybridized carbons (Fsp3) is 0.333. The molecule has 2 aromatic carbocycles. The van der Waals surface area contributed by atoms with Crippen molar-refractivity contribution in [1.29, 1.82) is 0 Å². The first-order chi connectivity index (χ1) is 16.5. The highest BCUT2D eigenvalue weighted by molar-refractivity contribution is 7.17. The Morgan fingerprint density at radius 1 is 1.00 bits per heavy atom. The number of rotatable bonds is 5. The molecule has 8 heteroatoms. The van der Waals surface area contributed by atoms with Crippen molar-refractivity contribution in [2.75, 3.05) is 10.6 Å². The predicted molar refractivity (Wildman–Crippen MR) is 139 cm³/mol. The quantitative estimate of drug-likeness (QED) is 0.309. The summed E-state index contributed by atoms with van der Waals surface area (Å²) >= 11 is 1.45. The van der Waals surface area contributed by atoms with Crippen LogP contribution in [-0.2, 0) is 12.8 Å². The van der Waals surface area contributed by atoms with Crippen LogP contribution in [0.5, 0.6) is 0 Å². The summed E-state index contributed by atoms with van der Waals surface area (Å²) in [5.41, 5.74) is 3.65. The third-order valence-electron chi connectivity index (χ3n) is 6.59. The van der Waals surface area contributed by atoms with E-state index in [1.807, 2.05) is 31.2 Å². The zero-order valence-electron chi connectivity index (χ0n) is 20.3. The minimum atomic E-state index is -0.506. The monoisotopic (exact) mass is 491 g/mol. The normalized spacial score (nSPS) is 15.3. The van der Waals surface area contributed by atoms with Crippen LogP contribution in [-0.4, -0.2) is 16.7 Å². The molecule has 1 unspecified atom stereocenters. The lowest BCUT2D eigenvalue weighted by Gasteiger charge is -2.33. The maximum absolute atomic E-state index is 13.4. The number of hydrogen-bond donors (Lipinski definition) is 2. The number of hydrogen-bond acceptors (Lipinski definition) is 5. The number of nitrogens with zero attached hydrogens (tertiary/aromatic N) is 1. The van der Waals surface area contributed by atoms with E-state index in [1.54, 1.807) is 0 Å². The van der Waals surface area contributed by atoms with Crippen molar-refractivity contribution in [2.24, 2.45) is 11.3 Å². The molecule has 0 saturated carbocycles. The van der Waals surface area contributed by atoms with Crippen molar-refractivity contribution in [3.63, 3.8) is 0 Å². The van der Waals surface area contributed by atoms with Crippen molar-refractivity contribution in [3.8, 4) is 0 Å². The van der Waals surface area contributed by atoms with Gasteiger partial charge in [-0.2, -0.15) is 0 Å². The van der Waals surface area contributed by atoms with E-state index in [9.17, 15) is 19.7 Å². The zero-order chi connectivity index (χ0) is 25.3. The fourth-order valence-electron chi connectivity index (χ4n) is 4.39. The van der Waals surface area contributed by atoms with Crippen molar-refractivity contribution in [3.05, 3.63) is 85.8 Å². The van der Waals surface area contributed by atoms with E-state index >= 15 is 0 Å². The molecule has 3 aromatic rings. The van der Waals surface area contributed by atoms with Gasteiger partial charge < -0.3 is 10.6 Å². The van der Waals surface area contributed by atoms with Gasteiger partial charge in [-0.05, 0) is 67.3 Å². The number of nitrogens with one attached hydrogen (secondary N) is 2. The molecule has 0 aliphatic heterocycles. The van der Waals surface area contributed by atoms with E-state index in [1.165, 1.54) is 35.6 Å². The van der Waals surface area contributed by atoms with Crippen molar-refractivity contribution < 1.29 is 14.5 Å². The number of aryl methyl sites for hydroxylation is 1. The van der Waals surface area contributed by atoms with E-state index in [-0.39, 0.29) is 17.0 Å². The molecule has 0 radical (unpaired) electrons. The van der Waals surface area contributed by atoms with Crippen LogP contribution >= 0.6 is 11.3 Å². The summed E-state index contributed by atoms with van der Waals surface area (Å²) in [6.07, 6.45) is 2.62. The van der Waals surface area contributed by atoms with Gasteiger partial charge in [-0.3, -0.25) is 19.7 Å².